The van der Waals surface area contributed by atoms with Gasteiger partial charge in [0.2, 0.25) is 0 Å². The fourth-order valence-corrected chi connectivity index (χ4v) is 4.24. The van der Waals surface area contributed by atoms with E-state index in [0.29, 0.717) is 19.6 Å². The first-order valence-electron chi connectivity index (χ1n) is 15.4. The Morgan fingerprint density at radius 1 is 0.400 bits per heavy atom. The normalized spacial score (nSPS) is 11.1. The van der Waals surface area contributed by atoms with Gasteiger partial charge in [0, 0.05) is 32.8 Å². The molecule has 0 radical (unpaired) electrons. The van der Waals surface area contributed by atoms with Gasteiger partial charge >= 0.3 is 0 Å². The highest BCUT2D eigenvalue weighted by molar-refractivity contribution is 4.54. The van der Waals surface area contributed by atoms with Gasteiger partial charge in [-0.2, -0.15) is 0 Å². The van der Waals surface area contributed by atoms with Crippen LogP contribution in [-0.4, -0.2) is 72.9 Å². The number of hydrogen-bond acceptors (Lipinski definition) is 5. The Morgan fingerprint density at radius 3 is 0.914 bits per heavy atom. The molecule has 214 valence electrons. The molecule has 0 saturated carbocycles. The zero-order valence-electron chi connectivity index (χ0n) is 24.0. The average molecular weight is 504 g/mol. The van der Waals surface area contributed by atoms with E-state index in [1.165, 1.54) is 128 Å². The standard InChI is InChI=1S/C24H50O.C6H15NO3/c1-3-5-7-9-11-13-15-17-19-21-23-25-24-22-20-18-16-14-12-10-8-6-4-2;8-4-1-7(2-5-9)3-6-10/h3-24H2,1-2H3;8-10H,1-6H2. The fourth-order valence-electron chi connectivity index (χ4n) is 4.24. The summed E-state index contributed by atoms with van der Waals surface area (Å²) in [5, 5.41) is 25.5. The molecular formula is C30H65NO4. The summed E-state index contributed by atoms with van der Waals surface area (Å²) in [6.45, 7) is 8.32. The van der Waals surface area contributed by atoms with E-state index in [2.05, 4.69) is 13.8 Å². The Bertz CT molecular complexity index is 308. The quantitative estimate of drug-likeness (QED) is 0.0992. The van der Waals surface area contributed by atoms with Crippen molar-refractivity contribution in [3.8, 4) is 0 Å². The van der Waals surface area contributed by atoms with Crippen molar-refractivity contribution in [1.29, 1.82) is 0 Å². The zero-order chi connectivity index (χ0) is 26.1. The number of aliphatic hydroxyl groups is 3. The molecule has 35 heavy (non-hydrogen) atoms. The van der Waals surface area contributed by atoms with Crippen LogP contribution in [0.3, 0.4) is 0 Å². The van der Waals surface area contributed by atoms with Crippen LogP contribution in [0.4, 0.5) is 0 Å². The summed E-state index contributed by atoms with van der Waals surface area (Å²) in [5.74, 6) is 0. The summed E-state index contributed by atoms with van der Waals surface area (Å²) >= 11 is 0. The highest BCUT2D eigenvalue weighted by Gasteiger charge is 2.00. The van der Waals surface area contributed by atoms with Crippen LogP contribution in [0.2, 0.25) is 0 Å². The topological polar surface area (TPSA) is 73.2 Å². The molecule has 0 atom stereocenters. The maximum atomic E-state index is 8.48. The van der Waals surface area contributed by atoms with E-state index in [9.17, 15) is 0 Å². The molecule has 0 aliphatic carbocycles. The molecule has 0 bridgehead atoms. The fraction of sp³-hybridized carbons (Fsp3) is 1.00. The van der Waals surface area contributed by atoms with Crippen molar-refractivity contribution in [2.45, 2.75) is 142 Å². The highest BCUT2D eigenvalue weighted by atomic mass is 16.5. The average Bonchev–Trinajstić information content (AvgIpc) is 2.86. The molecule has 0 aliphatic heterocycles. The zero-order valence-corrected chi connectivity index (χ0v) is 24.0. The van der Waals surface area contributed by atoms with Crippen LogP contribution in [0.5, 0.6) is 0 Å². The van der Waals surface area contributed by atoms with Crippen molar-refractivity contribution < 1.29 is 20.1 Å². The summed E-state index contributed by atoms with van der Waals surface area (Å²) in [6.07, 6.45) is 28.2. The van der Waals surface area contributed by atoms with Crippen LogP contribution in [0.15, 0.2) is 0 Å². The molecule has 0 unspecified atom stereocenters. The van der Waals surface area contributed by atoms with Gasteiger partial charge in [0.1, 0.15) is 0 Å². The number of ether oxygens (including phenoxy) is 1. The van der Waals surface area contributed by atoms with Crippen molar-refractivity contribution in [1.82, 2.24) is 4.90 Å². The van der Waals surface area contributed by atoms with Gasteiger partial charge in [-0.05, 0) is 12.8 Å². The van der Waals surface area contributed by atoms with Gasteiger partial charge < -0.3 is 20.1 Å². The first-order chi connectivity index (χ1) is 17.3. The molecule has 0 saturated heterocycles. The van der Waals surface area contributed by atoms with E-state index in [1.54, 1.807) is 4.90 Å². The van der Waals surface area contributed by atoms with Crippen molar-refractivity contribution in [2.75, 3.05) is 52.7 Å². The maximum Gasteiger partial charge on any atom is 0.0558 e. The van der Waals surface area contributed by atoms with Gasteiger partial charge in [-0.15, -0.1) is 0 Å². The van der Waals surface area contributed by atoms with Gasteiger partial charge in [-0.1, -0.05) is 129 Å². The van der Waals surface area contributed by atoms with Crippen LogP contribution in [0.1, 0.15) is 142 Å². The highest BCUT2D eigenvalue weighted by Crippen LogP contribution is 2.12. The Balaban J connectivity index is 0. The molecule has 0 heterocycles. The predicted molar refractivity (Wildman–Crippen MR) is 152 cm³/mol. The Labute approximate surface area is 220 Å². The first-order valence-corrected chi connectivity index (χ1v) is 15.4. The van der Waals surface area contributed by atoms with Gasteiger partial charge in [-0.3, -0.25) is 4.90 Å². The monoisotopic (exact) mass is 503 g/mol. The maximum absolute atomic E-state index is 8.48. The summed E-state index contributed by atoms with van der Waals surface area (Å²) in [5.41, 5.74) is 0. The third kappa shape index (κ3) is 36.0. The molecule has 0 amide bonds. The molecule has 0 fully saturated rings. The number of rotatable bonds is 28. The summed E-state index contributed by atoms with van der Waals surface area (Å²) < 4.78 is 5.78. The lowest BCUT2D eigenvalue weighted by Gasteiger charge is -2.17. The van der Waals surface area contributed by atoms with Crippen LogP contribution in [0.25, 0.3) is 0 Å². The van der Waals surface area contributed by atoms with Gasteiger partial charge in [0.05, 0.1) is 19.8 Å². The Kier molecular flexibility index (Phi) is 38.0. The second-order valence-corrected chi connectivity index (χ2v) is 9.99. The number of unbranched alkanes of at least 4 members (excludes halogenated alkanes) is 18. The van der Waals surface area contributed by atoms with E-state index < -0.39 is 0 Å². The predicted octanol–water partition coefficient (Wildman–Crippen LogP) is 7.11. The first kappa shape index (κ1) is 37.0. The Hall–Kier alpha value is -0.200. The van der Waals surface area contributed by atoms with Crippen LogP contribution in [-0.2, 0) is 4.74 Å². The number of aliphatic hydroxyl groups excluding tert-OH is 3. The van der Waals surface area contributed by atoms with Crippen molar-refractivity contribution >= 4 is 0 Å². The lowest BCUT2D eigenvalue weighted by molar-refractivity contribution is 0.125. The minimum absolute atomic E-state index is 0.0694. The molecule has 0 aromatic heterocycles. The van der Waals surface area contributed by atoms with Crippen LogP contribution < -0.4 is 0 Å². The van der Waals surface area contributed by atoms with E-state index in [1.807, 2.05) is 0 Å². The molecule has 5 nitrogen and oxygen atoms in total. The lowest BCUT2D eigenvalue weighted by atomic mass is 10.1. The largest absolute Gasteiger partial charge is 0.395 e. The summed E-state index contributed by atoms with van der Waals surface area (Å²) in [6, 6.07) is 0. The Morgan fingerprint density at radius 2 is 0.657 bits per heavy atom. The summed E-state index contributed by atoms with van der Waals surface area (Å²) in [4.78, 5) is 1.79. The second-order valence-electron chi connectivity index (χ2n) is 9.99. The molecule has 5 heteroatoms. The van der Waals surface area contributed by atoms with Crippen molar-refractivity contribution in [3.05, 3.63) is 0 Å². The summed E-state index contributed by atoms with van der Waals surface area (Å²) in [7, 11) is 0. The minimum atomic E-state index is 0.0694. The molecule has 0 aliphatic rings. The number of hydrogen-bond donors (Lipinski definition) is 3. The van der Waals surface area contributed by atoms with Crippen LogP contribution in [0, 0.1) is 0 Å². The van der Waals surface area contributed by atoms with Crippen LogP contribution >= 0.6 is 0 Å². The lowest BCUT2D eigenvalue weighted by Crippen LogP contribution is -2.32. The van der Waals surface area contributed by atoms with Gasteiger partial charge in [0.25, 0.3) is 0 Å². The van der Waals surface area contributed by atoms with Gasteiger partial charge in [-0.25, -0.2) is 0 Å². The molecule has 0 aromatic carbocycles. The molecule has 0 spiro atoms. The molecular weight excluding hydrogens is 438 g/mol. The van der Waals surface area contributed by atoms with Crippen molar-refractivity contribution in [2.24, 2.45) is 0 Å². The molecule has 0 aromatic rings. The minimum Gasteiger partial charge on any atom is -0.395 e. The van der Waals surface area contributed by atoms with E-state index in [4.69, 9.17) is 20.1 Å². The SMILES string of the molecule is CCCCCCCCCCCCOCCCCCCCCCCCC.OCCN(CCO)CCO. The van der Waals surface area contributed by atoms with E-state index in [-0.39, 0.29) is 19.8 Å². The second kappa shape index (κ2) is 36.0. The van der Waals surface area contributed by atoms with E-state index >= 15 is 0 Å². The van der Waals surface area contributed by atoms with Crippen molar-refractivity contribution in [3.63, 3.8) is 0 Å². The molecule has 3 N–H and O–H groups in total. The van der Waals surface area contributed by atoms with Gasteiger partial charge in [0.15, 0.2) is 0 Å². The third-order valence-electron chi connectivity index (χ3n) is 6.53. The third-order valence-corrected chi connectivity index (χ3v) is 6.53. The van der Waals surface area contributed by atoms with E-state index in [0.717, 1.165) is 13.2 Å². The number of nitrogens with zero attached hydrogens (tertiary/aromatic N) is 1. The molecule has 0 rings (SSSR count). The smallest absolute Gasteiger partial charge is 0.0558 e.